The van der Waals surface area contributed by atoms with Crippen molar-refractivity contribution in [2.45, 2.75) is 13.3 Å². The minimum absolute atomic E-state index is 0.0181. The maximum atomic E-state index is 15.2. The minimum Gasteiger partial charge on any atom is -0.493 e. The highest BCUT2D eigenvalue weighted by atomic mass is 19.1. The molecule has 0 fully saturated rings. The number of aromatic nitrogens is 3. The minimum atomic E-state index is -0.710. The summed E-state index contributed by atoms with van der Waals surface area (Å²) in [5.41, 5.74) is 6.81. The molecular formula is C31H29F2N5O5. The van der Waals surface area contributed by atoms with E-state index in [0.717, 1.165) is 6.07 Å². The highest BCUT2D eigenvalue weighted by molar-refractivity contribution is 6.04. The fourth-order valence-corrected chi connectivity index (χ4v) is 4.23. The number of fused-ring (bicyclic) bond motifs is 1. The zero-order valence-corrected chi connectivity index (χ0v) is 23.5. The van der Waals surface area contributed by atoms with Crippen molar-refractivity contribution in [2.75, 3.05) is 32.2 Å². The number of methoxy groups -OCH3 is 1. The van der Waals surface area contributed by atoms with E-state index < -0.39 is 17.5 Å². The second-order valence-electron chi connectivity index (χ2n) is 9.22. The number of amides is 1. The number of hydrogen-bond donors (Lipinski definition) is 2. The normalized spacial score (nSPS) is 10.9. The summed E-state index contributed by atoms with van der Waals surface area (Å²) >= 11 is 0. The van der Waals surface area contributed by atoms with Crippen molar-refractivity contribution in [1.82, 2.24) is 14.8 Å². The Labute approximate surface area is 246 Å². The molecule has 2 aromatic heterocycles. The van der Waals surface area contributed by atoms with Gasteiger partial charge in [-0.2, -0.15) is 5.10 Å². The average Bonchev–Trinajstić information content (AvgIpc) is 3.43. The van der Waals surface area contributed by atoms with E-state index in [4.69, 9.17) is 24.7 Å². The molecule has 2 heterocycles. The predicted molar refractivity (Wildman–Crippen MR) is 157 cm³/mol. The van der Waals surface area contributed by atoms with Gasteiger partial charge >= 0.3 is 0 Å². The van der Waals surface area contributed by atoms with Crippen LogP contribution in [0.3, 0.4) is 0 Å². The van der Waals surface area contributed by atoms with Crippen molar-refractivity contribution >= 4 is 22.5 Å². The number of nitrogens with zero attached hydrogens (tertiary/aromatic N) is 3. The van der Waals surface area contributed by atoms with Crippen molar-refractivity contribution in [3.63, 3.8) is 0 Å². The molecule has 5 rings (SSSR count). The third-order valence-corrected chi connectivity index (χ3v) is 6.29. The summed E-state index contributed by atoms with van der Waals surface area (Å²) < 4.78 is 52.7. The van der Waals surface area contributed by atoms with Crippen LogP contribution < -0.4 is 30.0 Å². The molecule has 10 nitrogen and oxygen atoms in total. The van der Waals surface area contributed by atoms with Crippen LogP contribution in [-0.2, 0) is 0 Å². The first-order valence-corrected chi connectivity index (χ1v) is 13.5. The molecule has 0 aliphatic carbocycles. The van der Waals surface area contributed by atoms with Crippen LogP contribution in [-0.4, -0.2) is 47.5 Å². The molecule has 0 radical (unpaired) electrons. The summed E-state index contributed by atoms with van der Waals surface area (Å²) in [6.07, 6.45) is 3.74. The number of ether oxygens (including phenoxy) is 4. The quantitative estimate of drug-likeness (QED) is 0.173. The second kappa shape index (κ2) is 13.2. The Morgan fingerprint density at radius 3 is 2.49 bits per heavy atom. The van der Waals surface area contributed by atoms with Crippen molar-refractivity contribution in [3.8, 4) is 34.4 Å². The van der Waals surface area contributed by atoms with Gasteiger partial charge in [-0.15, -0.1) is 0 Å². The number of pyridine rings is 1. The molecule has 5 aromatic rings. The Bertz CT molecular complexity index is 1740. The lowest BCUT2D eigenvalue weighted by molar-refractivity contribution is 0.101. The number of benzene rings is 3. The first-order valence-electron chi connectivity index (χ1n) is 13.5. The van der Waals surface area contributed by atoms with Crippen LogP contribution in [0.2, 0.25) is 0 Å². The lowest BCUT2D eigenvalue weighted by Crippen LogP contribution is -2.14. The number of anilines is 1. The summed E-state index contributed by atoms with van der Waals surface area (Å²) in [5, 5.41) is 7.52. The van der Waals surface area contributed by atoms with Gasteiger partial charge in [0.05, 0.1) is 37.7 Å². The first-order chi connectivity index (χ1) is 20.9. The summed E-state index contributed by atoms with van der Waals surface area (Å²) in [6, 6.07) is 14.7. The van der Waals surface area contributed by atoms with Crippen LogP contribution in [0.4, 0.5) is 14.5 Å². The maximum Gasteiger partial charge on any atom is 0.280 e. The third kappa shape index (κ3) is 6.65. The largest absolute Gasteiger partial charge is 0.493 e. The van der Waals surface area contributed by atoms with E-state index in [1.54, 1.807) is 31.3 Å². The van der Waals surface area contributed by atoms with E-state index in [2.05, 4.69) is 15.4 Å². The fourth-order valence-electron chi connectivity index (χ4n) is 4.23. The number of nitrogens with one attached hydrogen (secondary N) is 1. The summed E-state index contributed by atoms with van der Waals surface area (Å²) in [6.45, 7) is 2.97. The number of halogens is 2. The maximum absolute atomic E-state index is 15.2. The van der Waals surface area contributed by atoms with Gasteiger partial charge in [-0.05, 0) is 68.4 Å². The van der Waals surface area contributed by atoms with Gasteiger partial charge in [-0.25, -0.2) is 13.5 Å². The van der Waals surface area contributed by atoms with Gasteiger partial charge in [0.25, 0.3) is 5.91 Å². The molecule has 0 aliphatic heterocycles. The number of carbonyl (C=O) groups excluding carboxylic acids is 1. The van der Waals surface area contributed by atoms with E-state index in [0.29, 0.717) is 53.4 Å². The molecule has 1 amide bonds. The second-order valence-corrected chi connectivity index (χ2v) is 9.22. The molecule has 0 spiro atoms. The van der Waals surface area contributed by atoms with Gasteiger partial charge in [0.2, 0.25) is 0 Å². The molecule has 222 valence electrons. The zero-order valence-electron chi connectivity index (χ0n) is 23.5. The van der Waals surface area contributed by atoms with Crippen molar-refractivity contribution in [3.05, 3.63) is 90.4 Å². The predicted octanol–water partition coefficient (Wildman–Crippen LogP) is 5.88. The van der Waals surface area contributed by atoms with Crippen LogP contribution in [0.5, 0.6) is 28.7 Å². The number of rotatable bonds is 12. The lowest BCUT2D eigenvalue weighted by Gasteiger charge is -2.14. The molecule has 0 saturated carbocycles. The van der Waals surface area contributed by atoms with Gasteiger partial charge in [-0.3, -0.25) is 9.78 Å². The number of hydrogen-bond acceptors (Lipinski definition) is 8. The van der Waals surface area contributed by atoms with Gasteiger partial charge in [0.1, 0.15) is 11.6 Å². The van der Waals surface area contributed by atoms with Gasteiger partial charge in [0, 0.05) is 29.4 Å². The monoisotopic (exact) mass is 589 g/mol. The average molecular weight is 590 g/mol. The van der Waals surface area contributed by atoms with Crippen LogP contribution in [0, 0.1) is 11.6 Å². The smallest absolute Gasteiger partial charge is 0.280 e. The van der Waals surface area contributed by atoms with Crippen molar-refractivity contribution in [1.29, 1.82) is 0 Å². The van der Waals surface area contributed by atoms with E-state index in [1.165, 1.54) is 54.4 Å². The Balaban J connectivity index is 1.35. The van der Waals surface area contributed by atoms with E-state index in [9.17, 15) is 9.18 Å². The van der Waals surface area contributed by atoms with Crippen LogP contribution in [0.1, 0.15) is 23.8 Å². The molecule has 0 atom stereocenters. The van der Waals surface area contributed by atoms with Gasteiger partial charge in [0.15, 0.2) is 34.5 Å². The highest BCUT2D eigenvalue weighted by Gasteiger charge is 2.20. The van der Waals surface area contributed by atoms with Crippen molar-refractivity contribution in [2.24, 2.45) is 5.73 Å². The van der Waals surface area contributed by atoms with E-state index in [1.807, 2.05) is 0 Å². The van der Waals surface area contributed by atoms with E-state index in [-0.39, 0.29) is 29.5 Å². The van der Waals surface area contributed by atoms with Crippen LogP contribution in [0.15, 0.2) is 73.1 Å². The Morgan fingerprint density at radius 1 is 0.953 bits per heavy atom. The lowest BCUT2D eigenvalue weighted by atomic mass is 10.1. The molecule has 0 aliphatic rings. The standard InChI is InChI=1S/C31H29F2N5O5/c1-3-41-29-18-38(21-8-5-19(32)6-9-21)37-30(29)31(39)36-20-7-10-26(23(33)15-20)43-25-11-13-35-24-17-28(42-14-4-12-34)27(40-2)16-22(24)25/h5-11,13,15-18H,3-4,12,14,34H2,1-2H3,(H,36,39). The number of nitrogens with two attached hydrogens (primary N) is 1. The molecule has 0 saturated heterocycles. The van der Waals surface area contributed by atoms with Crippen molar-refractivity contribution < 1.29 is 32.5 Å². The first kappa shape index (κ1) is 29.3. The molecule has 3 N–H and O–H groups in total. The Hall–Kier alpha value is -5.23. The number of carbonyl (C=O) groups is 1. The highest BCUT2D eigenvalue weighted by Crippen LogP contribution is 2.38. The SMILES string of the molecule is CCOc1cn(-c2ccc(F)cc2)nc1C(=O)Nc1ccc(Oc2ccnc3cc(OCCCN)c(OC)cc23)c(F)c1. The molecular weight excluding hydrogens is 560 g/mol. The molecule has 3 aromatic carbocycles. The van der Waals surface area contributed by atoms with Crippen LogP contribution in [0.25, 0.3) is 16.6 Å². The molecule has 12 heteroatoms. The third-order valence-electron chi connectivity index (χ3n) is 6.29. The van der Waals surface area contributed by atoms with Crippen LogP contribution >= 0.6 is 0 Å². The van der Waals surface area contributed by atoms with E-state index >= 15 is 4.39 Å². The van der Waals surface area contributed by atoms with Gasteiger partial charge in [-0.1, -0.05) is 0 Å². The van der Waals surface area contributed by atoms with Gasteiger partial charge < -0.3 is 30.0 Å². The topological polar surface area (TPSA) is 123 Å². The summed E-state index contributed by atoms with van der Waals surface area (Å²) in [4.78, 5) is 17.5. The fraction of sp³-hybridized carbons (Fsp3) is 0.194. The Kier molecular flexibility index (Phi) is 8.96. The molecule has 0 bridgehead atoms. The molecule has 43 heavy (non-hydrogen) atoms. The molecule has 0 unspecified atom stereocenters. The Morgan fingerprint density at radius 2 is 1.77 bits per heavy atom. The zero-order chi connectivity index (χ0) is 30.3. The summed E-state index contributed by atoms with van der Waals surface area (Å²) in [7, 11) is 1.52. The summed E-state index contributed by atoms with van der Waals surface area (Å²) in [5.74, 6) is -0.250.